The minimum Gasteiger partial charge on any atom is -0.483 e. The molecule has 0 aliphatic carbocycles. The lowest BCUT2D eigenvalue weighted by Gasteiger charge is -2.23. The monoisotopic (exact) mass is 306 g/mol. The van der Waals surface area contributed by atoms with E-state index in [2.05, 4.69) is 0 Å². The zero-order chi connectivity index (χ0) is 13.7. The van der Waals surface area contributed by atoms with Gasteiger partial charge in [-0.05, 0) is 37.6 Å². The average Bonchev–Trinajstić information content (AvgIpc) is 2.35. The summed E-state index contributed by atoms with van der Waals surface area (Å²) in [6.45, 7) is 4.22. The van der Waals surface area contributed by atoms with E-state index in [1.165, 1.54) is 0 Å². The summed E-state index contributed by atoms with van der Waals surface area (Å²) in [5.74, 6) is 0.573. The molecule has 0 aromatic heterocycles. The molecule has 0 bridgehead atoms. The lowest BCUT2D eigenvalue weighted by Crippen LogP contribution is -2.42. The summed E-state index contributed by atoms with van der Waals surface area (Å²) in [4.78, 5) is 13.4. The minimum absolute atomic E-state index is 0. The topological polar surface area (TPSA) is 55.6 Å². The van der Waals surface area contributed by atoms with Gasteiger partial charge in [0.25, 0.3) is 5.91 Å². The Hall–Kier alpha value is -0.970. The van der Waals surface area contributed by atoms with Crippen molar-refractivity contribution in [3.05, 3.63) is 28.8 Å². The lowest BCUT2D eigenvalue weighted by atomic mass is 10.2. The van der Waals surface area contributed by atoms with Gasteiger partial charge in [0.1, 0.15) is 5.75 Å². The largest absolute Gasteiger partial charge is 0.483 e. The molecule has 108 valence electrons. The number of carbonyl (C=O) groups is 1. The van der Waals surface area contributed by atoms with Crippen LogP contribution in [0.25, 0.3) is 0 Å². The van der Waals surface area contributed by atoms with E-state index in [-0.39, 0.29) is 31.0 Å². The van der Waals surface area contributed by atoms with Gasteiger partial charge in [-0.25, -0.2) is 0 Å². The molecule has 0 saturated heterocycles. The van der Waals surface area contributed by atoms with E-state index in [1.54, 1.807) is 30.1 Å². The van der Waals surface area contributed by atoms with Crippen LogP contribution in [0.4, 0.5) is 0 Å². The predicted molar refractivity (Wildman–Crippen MR) is 80.2 cm³/mol. The van der Waals surface area contributed by atoms with E-state index in [0.717, 1.165) is 5.56 Å². The maximum absolute atomic E-state index is 11.8. The second-order valence-corrected chi connectivity index (χ2v) is 4.72. The van der Waals surface area contributed by atoms with Crippen LogP contribution < -0.4 is 10.5 Å². The van der Waals surface area contributed by atoms with Gasteiger partial charge in [-0.15, -0.1) is 12.4 Å². The fourth-order valence-electron chi connectivity index (χ4n) is 1.42. The second kappa shape index (κ2) is 8.25. The first-order chi connectivity index (χ1) is 8.45. The van der Waals surface area contributed by atoms with Gasteiger partial charge in [-0.2, -0.15) is 0 Å². The van der Waals surface area contributed by atoms with Crippen molar-refractivity contribution in [1.82, 2.24) is 4.90 Å². The zero-order valence-electron chi connectivity index (χ0n) is 11.4. The number of ether oxygens (including phenoxy) is 1. The molecule has 6 heteroatoms. The van der Waals surface area contributed by atoms with Crippen LogP contribution in [-0.2, 0) is 4.79 Å². The van der Waals surface area contributed by atoms with Crippen molar-refractivity contribution >= 4 is 29.9 Å². The van der Waals surface area contributed by atoms with Gasteiger partial charge < -0.3 is 15.4 Å². The molecule has 19 heavy (non-hydrogen) atoms. The molecule has 0 fully saturated rings. The highest BCUT2D eigenvalue weighted by Gasteiger charge is 2.15. The van der Waals surface area contributed by atoms with Crippen LogP contribution in [0.5, 0.6) is 5.75 Å². The molecule has 0 saturated carbocycles. The van der Waals surface area contributed by atoms with Gasteiger partial charge in [0, 0.05) is 24.7 Å². The number of rotatable bonds is 5. The standard InChI is InChI=1S/C13H19ClN2O2.ClH/c1-9-6-11(14)4-5-12(9)18-8-13(17)16(3)10(2)7-15;/h4-6,10H,7-8,15H2,1-3H3;1H. The minimum atomic E-state index is -0.0951. The lowest BCUT2D eigenvalue weighted by molar-refractivity contribution is -0.133. The first-order valence-corrected chi connectivity index (χ1v) is 6.18. The molecule has 2 N–H and O–H groups in total. The second-order valence-electron chi connectivity index (χ2n) is 4.29. The third-order valence-electron chi connectivity index (χ3n) is 2.88. The summed E-state index contributed by atoms with van der Waals surface area (Å²) in [5.41, 5.74) is 6.42. The number of benzene rings is 1. The first-order valence-electron chi connectivity index (χ1n) is 5.80. The fourth-order valence-corrected chi connectivity index (χ4v) is 1.65. The summed E-state index contributed by atoms with van der Waals surface area (Å²) >= 11 is 5.85. The Bertz CT molecular complexity index is 427. The number of amides is 1. The van der Waals surface area contributed by atoms with Crippen LogP contribution in [0.3, 0.4) is 0 Å². The van der Waals surface area contributed by atoms with Gasteiger partial charge >= 0.3 is 0 Å². The SMILES string of the molecule is Cc1cc(Cl)ccc1OCC(=O)N(C)C(C)CN.Cl. The van der Waals surface area contributed by atoms with Crippen molar-refractivity contribution in [1.29, 1.82) is 0 Å². The Morgan fingerprint density at radius 2 is 2.16 bits per heavy atom. The molecule has 1 rings (SSSR count). The molecule has 1 aromatic rings. The van der Waals surface area contributed by atoms with Crippen molar-refractivity contribution < 1.29 is 9.53 Å². The van der Waals surface area contributed by atoms with Crippen LogP contribution in [0.15, 0.2) is 18.2 Å². The number of carbonyl (C=O) groups excluding carboxylic acids is 1. The van der Waals surface area contributed by atoms with Crippen molar-refractivity contribution in [3.8, 4) is 5.75 Å². The zero-order valence-corrected chi connectivity index (χ0v) is 12.9. The average molecular weight is 307 g/mol. The normalized spacial score (nSPS) is 11.4. The Labute approximate surface area is 125 Å². The molecule has 1 amide bonds. The molecule has 0 radical (unpaired) electrons. The number of hydrogen-bond donors (Lipinski definition) is 1. The summed E-state index contributed by atoms with van der Waals surface area (Å²) in [6, 6.07) is 5.30. The van der Waals surface area contributed by atoms with Crippen molar-refractivity contribution in [2.24, 2.45) is 5.73 Å². The quantitative estimate of drug-likeness (QED) is 0.908. The molecule has 4 nitrogen and oxygen atoms in total. The van der Waals surface area contributed by atoms with E-state index in [1.807, 2.05) is 13.8 Å². The first kappa shape index (κ1) is 18.0. The molecular formula is C13H20Cl2N2O2. The van der Waals surface area contributed by atoms with E-state index in [0.29, 0.717) is 17.3 Å². The molecule has 0 heterocycles. The van der Waals surface area contributed by atoms with Crippen LogP contribution >= 0.6 is 24.0 Å². The fraction of sp³-hybridized carbons (Fsp3) is 0.462. The van der Waals surface area contributed by atoms with Crippen molar-refractivity contribution in [2.45, 2.75) is 19.9 Å². The summed E-state index contributed by atoms with van der Waals surface area (Å²) in [7, 11) is 1.72. The molecule has 1 aromatic carbocycles. The Balaban J connectivity index is 0.00000324. The maximum atomic E-state index is 11.8. The molecular weight excluding hydrogens is 287 g/mol. The number of halogens is 2. The van der Waals surface area contributed by atoms with E-state index >= 15 is 0 Å². The predicted octanol–water partition coefficient (Wildman–Crippen LogP) is 2.25. The van der Waals surface area contributed by atoms with Gasteiger partial charge in [0.05, 0.1) is 0 Å². The number of hydrogen-bond acceptors (Lipinski definition) is 3. The van der Waals surface area contributed by atoms with Gasteiger partial charge in [0.15, 0.2) is 6.61 Å². The van der Waals surface area contributed by atoms with E-state index in [9.17, 15) is 4.79 Å². The number of aryl methyl sites for hydroxylation is 1. The van der Waals surface area contributed by atoms with Crippen molar-refractivity contribution in [2.75, 3.05) is 20.2 Å². The van der Waals surface area contributed by atoms with Crippen LogP contribution in [0, 0.1) is 6.92 Å². The smallest absolute Gasteiger partial charge is 0.260 e. The highest BCUT2D eigenvalue weighted by Crippen LogP contribution is 2.21. The highest BCUT2D eigenvalue weighted by molar-refractivity contribution is 6.30. The van der Waals surface area contributed by atoms with Gasteiger partial charge in [-0.3, -0.25) is 4.79 Å². The van der Waals surface area contributed by atoms with Crippen molar-refractivity contribution in [3.63, 3.8) is 0 Å². The van der Waals surface area contributed by atoms with E-state index < -0.39 is 0 Å². The van der Waals surface area contributed by atoms with Crippen LogP contribution in [0.2, 0.25) is 5.02 Å². The Morgan fingerprint density at radius 3 is 2.68 bits per heavy atom. The maximum Gasteiger partial charge on any atom is 0.260 e. The Kier molecular flexibility index (Phi) is 7.83. The molecule has 0 aliphatic heterocycles. The summed E-state index contributed by atoms with van der Waals surface area (Å²) in [6.07, 6.45) is 0. The van der Waals surface area contributed by atoms with Crippen LogP contribution in [0.1, 0.15) is 12.5 Å². The van der Waals surface area contributed by atoms with Gasteiger partial charge in [-0.1, -0.05) is 11.6 Å². The summed E-state index contributed by atoms with van der Waals surface area (Å²) in [5, 5.41) is 0.653. The molecule has 0 spiro atoms. The third-order valence-corrected chi connectivity index (χ3v) is 3.12. The van der Waals surface area contributed by atoms with Crippen LogP contribution in [-0.4, -0.2) is 37.0 Å². The number of likely N-dealkylation sites (N-methyl/N-ethyl adjacent to an activating group) is 1. The number of nitrogens with zero attached hydrogens (tertiary/aromatic N) is 1. The molecule has 1 atom stereocenters. The van der Waals surface area contributed by atoms with Gasteiger partial charge in [0.2, 0.25) is 0 Å². The third kappa shape index (κ3) is 5.27. The Morgan fingerprint density at radius 1 is 1.53 bits per heavy atom. The summed E-state index contributed by atoms with van der Waals surface area (Å²) < 4.78 is 5.48. The van der Waals surface area contributed by atoms with E-state index in [4.69, 9.17) is 22.1 Å². The molecule has 1 unspecified atom stereocenters. The highest BCUT2D eigenvalue weighted by atomic mass is 35.5. The molecule has 0 aliphatic rings. The number of nitrogens with two attached hydrogens (primary N) is 1.